The van der Waals surface area contributed by atoms with Gasteiger partial charge in [0.2, 0.25) is 0 Å². The zero-order valence-electron chi connectivity index (χ0n) is 7.64. The van der Waals surface area contributed by atoms with E-state index in [4.69, 9.17) is 5.73 Å². The lowest BCUT2D eigenvalue weighted by Gasteiger charge is -2.08. The Morgan fingerprint density at radius 1 is 1.64 bits per heavy atom. The summed E-state index contributed by atoms with van der Waals surface area (Å²) in [5, 5.41) is 8.30. The molecule has 1 atom stereocenters. The van der Waals surface area contributed by atoms with Gasteiger partial charge in [0.05, 0.1) is 12.2 Å². The molecule has 0 saturated heterocycles. The molecule has 2 heterocycles. The van der Waals surface area contributed by atoms with E-state index in [1.54, 1.807) is 11.3 Å². The Labute approximate surface area is 100 Å². The number of rotatable bonds is 2. The van der Waals surface area contributed by atoms with Crippen molar-refractivity contribution in [3.8, 4) is 0 Å². The number of halogens is 1. The third kappa shape index (κ3) is 1.71. The van der Waals surface area contributed by atoms with Gasteiger partial charge in [-0.25, -0.2) is 0 Å². The van der Waals surface area contributed by atoms with Gasteiger partial charge in [-0.3, -0.25) is 4.68 Å². The van der Waals surface area contributed by atoms with Crippen LogP contribution in [0.2, 0.25) is 0 Å². The second kappa shape index (κ2) is 4.00. The highest BCUT2D eigenvalue weighted by molar-refractivity contribution is 14.1. The van der Waals surface area contributed by atoms with Gasteiger partial charge in [-0.05, 0) is 45.0 Å². The molecule has 2 aromatic rings. The minimum Gasteiger partial charge on any atom is -0.320 e. The van der Waals surface area contributed by atoms with E-state index in [0.29, 0.717) is 0 Å². The molecule has 3 nitrogen and oxygen atoms in total. The molecule has 0 amide bonds. The highest BCUT2D eigenvalue weighted by atomic mass is 127. The first-order chi connectivity index (χ1) is 6.70. The zero-order chi connectivity index (χ0) is 10.1. The first kappa shape index (κ1) is 10.1. The zero-order valence-corrected chi connectivity index (χ0v) is 10.6. The predicted octanol–water partition coefficient (Wildman–Crippen LogP) is 2.13. The Morgan fingerprint density at radius 2 is 2.43 bits per heavy atom. The molecule has 2 rings (SSSR count). The molecule has 14 heavy (non-hydrogen) atoms. The van der Waals surface area contributed by atoms with Gasteiger partial charge in [0.1, 0.15) is 3.70 Å². The molecule has 0 saturated carbocycles. The normalized spacial score (nSPS) is 13.1. The quantitative estimate of drug-likeness (QED) is 0.862. The average molecular weight is 319 g/mol. The minimum atomic E-state index is -0.0538. The number of aryl methyl sites for hydroxylation is 1. The molecule has 0 radical (unpaired) electrons. The monoisotopic (exact) mass is 319 g/mol. The summed E-state index contributed by atoms with van der Waals surface area (Å²) in [6, 6.07) is 2.00. The summed E-state index contributed by atoms with van der Waals surface area (Å²) in [5.74, 6) is 0. The molecule has 0 bridgehead atoms. The van der Waals surface area contributed by atoms with Crippen LogP contribution in [0, 0.1) is 3.70 Å². The number of hydrogen-bond donors (Lipinski definition) is 1. The van der Waals surface area contributed by atoms with Crippen molar-refractivity contribution in [2.24, 2.45) is 12.8 Å². The van der Waals surface area contributed by atoms with Crippen molar-refractivity contribution in [3.63, 3.8) is 0 Å². The molecule has 0 aliphatic carbocycles. The predicted molar refractivity (Wildman–Crippen MR) is 66.3 cm³/mol. The van der Waals surface area contributed by atoms with Crippen LogP contribution in [0.5, 0.6) is 0 Å². The van der Waals surface area contributed by atoms with E-state index in [1.165, 1.54) is 0 Å². The van der Waals surface area contributed by atoms with Gasteiger partial charge in [0.15, 0.2) is 0 Å². The van der Waals surface area contributed by atoms with Gasteiger partial charge in [-0.15, -0.1) is 0 Å². The molecule has 1 unspecified atom stereocenters. The standard InChI is InChI=1S/C9H10IN3S/c1-13-9(10)7(4-12-13)8(11)6-2-3-14-5-6/h2-5,8H,11H2,1H3. The summed E-state index contributed by atoms with van der Waals surface area (Å²) >= 11 is 3.93. The fourth-order valence-corrected chi connectivity index (χ4v) is 2.58. The first-order valence-corrected chi connectivity index (χ1v) is 6.17. The maximum atomic E-state index is 6.12. The Bertz CT molecular complexity index is 421. The molecule has 74 valence electrons. The largest absolute Gasteiger partial charge is 0.320 e. The maximum Gasteiger partial charge on any atom is 0.104 e. The van der Waals surface area contributed by atoms with E-state index >= 15 is 0 Å². The highest BCUT2D eigenvalue weighted by Gasteiger charge is 2.15. The Hall–Kier alpha value is -0.400. The third-order valence-electron chi connectivity index (χ3n) is 2.13. The number of aromatic nitrogens is 2. The van der Waals surface area contributed by atoms with Crippen LogP contribution in [0.4, 0.5) is 0 Å². The maximum absolute atomic E-state index is 6.12. The molecule has 0 aromatic carbocycles. The van der Waals surface area contributed by atoms with Crippen LogP contribution >= 0.6 is 33.9 Å². The van der Waals surface area contributed by atoms with Crippen molar-refractivity contribution in [2.45, 2.75) is 6.04 Å². The minimum absolute atomic E-state index is 0.0538. The fraction of sp³-hybridized carbons (Fsp3) is 0.222. The van der Waals surface area contributed by atoms with E-state index in [1.807, 2.05) is 23.3 Å². The number of nitrogens with zero attached hydrogens (tertiary/aromatic N) is 2. The van der Waals surface area contributed by atoms with Crippen molar-refractivity contribution in [1.82, 2.24) is 9.78 Å². The molecular weight excluding hydrogens is 309 g/mol. The van der Waals surface area contributed by atoms with Crippen LogP contribution in [0.15, 0.2) is 23.0 Å². The smallest absolute Gasteiger partial charge is 0.104 e. The van der Waals surface area contributed by atoms with Crippen molar-refractivity contribution >= 4 is 33.9 Å². The SMILES string of the molecule is Cn1ncc(C(N)c2ccsc2)c1I. The fourth-order valence-electron chi connectivity index (χ4n) is 1.28. The summed E-state index contributed by atoms with van der Waals surface area (Å²) in [6.45, 7) is 0. The Morgan fingerprint density at radius 3 is 2.93 bits per heavy atom. The lowest BCUT2D eigenvalue weighted by atomic mass is 10.1. The molecule has 5 heteroatoms. The molecule has 0 aliphatic rings. The highest BCUT2D eigenvalue weighted by Crippen LogP contribution is 2.24. The topological polar surface area (TPSA) is 43.8 Å². The van der Waals surface area contributed by atoms with Crippen molar-refractivity contribution in [2.75, 3.05) is 0 Å². The lowest BCUT2D eigenvalue weighted by molar-refractivity contribution is 0.742. The van der Waals surface area contributed by atoms with Gasteiger partial charge in [-0.2, -0.15) is 16.4 Å². The van der Waals surface area contributed by atoms with Crippen molar-refractivity contribution in [1.29, 1.82) is 0 Å². The number of nitrogens with two attached hydrogens (primary N) is 1. The Kier molecular flexibility index (Phi) is 2.89. The summed E-state index contributed by atoms with van der Waals surface area (Å²) in [5.41, 5.74) is 8.37. The van der Waals surface area contributed by atoms with E-state index < -0.39 is 0 Å². The second-order valence-electron chi connectivity index (χ2n) is 3.05. The van der Waals surface area contributed by atoms with E-state index in [2.05, 4.69) is 39.1 Å². The van der Waals surface area contributed by atoms with Crippen LogP contribution in [0.25, 0.3) is 0 Å². The Balaban J connectivity index is 2.36. The van der Waals surface area contributed by atoms with Crippen LogP contribution in [-0.2, 0) is 7.05 Å². The van der Waals surface area contributed by atoms with Gasteiger partial charge in [0.25, 0.3) is 0 Å². The van der Waals surface area contributed by atoms with Crippen LogP contribution in [0.3, 0.4) is 0 Å². The molecule has 0 fully saturated rings. The molecule has 0 aliphatic heterocycles. The van der Waals surface area contributed by atoms with Crippen LogP contribution in [0.1, 0.15) is 17.2 Å². The van der Waals surface area contributed by atoms with Crippen LogP contribution < -0.4 is 5.73 Å². The van der Waals surface area contributed by atoms with Gasteiger partial charge in [0, 0.05) is 12.6 Å². The van der Waals surface area contributed by atoms with E-state index in [9.17, 15) is 0 Å². The lowest BCUT2D eigenvalue weighted by Crippen LogP contribution is -2.11. The van der Waals surface area contributed by atoms with Gasteiger partial charge in [-0.1, -0.05) is 0 Å². The summed E-state index contributed by atoms with van der Waals surface area (Å²) < 4.78 is 2.93. The number of hydrogen-bond acceptors (Lipinski definition) is 3. The third-order valence-corrected chi connectivity index (χ3v) is 4.15. The van der Waals surface area contributed by atoms with Gasteiger partial charge < -0.3 is 5.73 Å². The van der Waals surface area contributed by atoms with E-state index in [0.717, 1.165) is 14.8 Å². The van der Waals surface area contributed by atoms with Crippen molar-refractivity contribution in [3.05, 3.63) is 37.9 Å². The molecule has 2 aromatic heterocycles. The summed E-state index contributed by atoms with van der Waals surface area (Å²) in [6.07, 6.45) is 1.84. The molecular formula is C9H10IN3S. The summed E-state index contributed by atoms with van der Waals surface area (Å²) in [7, 11) is 1.92. The number of thiophene rings is 1. The summed E-state index contributed by atoms with van der Waals surface area (Å²) in [4.78, 5) is 0. The van der Waals surface area contributed by atoms with Crippen molar-refractivity contribution < 1.29 is 0 Å². The van der Waals surface area contributed by atoms with E-state index in [-0.39, 0.29) is 6.04 Å². The van der Waals surface area contributed by atoms with Gasteiger partial charge >= 0.3 is 0 Å². The molecule has 0 spiro atoms. The average Bonchev–Trinajstić information content (AvgIpc) is 2.77. The molecule has 2 N–H and O–H groups in total. The first-order valence-electron chi connectivity index (χ1n) is 4.15. The second-order valence-corrected chi connectivity index (χ2v) is 4.85. The van der Waals surface area contributed by atoms with Crippen LogP contribution in [-0.4, -0.2) is 9.78 Å².